The Kier molecular flexibility index (Phi) is 8.75. The van der Waals surface area contributed by atoms with Gasteiger partial charge >= 0.3 is 0 Å². The molecule has 0 radical (unpaired) electrons. The van der Waals surface area contributed by atoms with Crippen molar-refractivity contribution < 1.29 is 22.7 Å². The van der Waals surface area contributed by atoms with Crippen molar-refractivity contribution in [2.75, 3.05) is 26.3 Å². The number of sulfonamides is 1. The van der Waals surface area contributed by atoms with Crippen LogP contribution >= 0.6 is 0 Å². The first-order valence-corrected chi connectivity index (χ1v) is 12.5. The molecule has 33 heavy (non-hydrogen) atoms. The van der Waals surface area contributed by atoms with Gasteiger partial charge in [-0.15, -0.1) is 6.42 Å². The highest BCUT2D eigenvalue weighted by Crippen LogP contribution is 2.32. The van der Waals surface area contributed by atoms with Gasteiger partial charge in [0.1, 0.15) is 13.2 Å². The average Bonchev–Trinajstić information content (AvgIpc) is 2.82. The normalized spacial score (nSPS) is 12.7. The summed E-state index contributed by atoms with van der Waals surface area (Å²) in [5.41, 5.74) is 2.20. The van der Waals surface area contributed by atoms with E-state index < -0.39 is 10.0 Å². The summed E-state index contributed by atoms with van der Waals surface area (Å²) in [6, 6.07) is 12.6. The second-order valence-electron chi connectivity index (χ2n) is 7.95. The van der Waals surface area contributed by atoms with E-state index in [9.17, 15) is 13.2 Å². The molecule has 2 aromatic rings. The van der Waals surface area contributed by atoms with E-state index in [0.717, 1.165) is 17.5 Å². The molecule has 2 aromatic carbocycles. The zero-order valence-corrected chi connectivity index (χ0v) is 19.7. The van der Waals surface area contributed by atoms with Gasteiger partial charge in [0.2, 0.25) is 15.9 Å². The van der Waals surface area contributed by atoms with E-state index in [-0.39, 0.29) is 17.3 Å². The topological polar surface area (TPSA) is 84.9 Å². The van der Waals surface area contributed by atoms with Crippen LogP contribution < -0.4 is 14.2 Å². The molecule has 1 heterocycles. The Morgan fingerprint density at radius 1 is 1.06 bits per heavy atom. The van der Waals surface area contributed by atoms with E-state index in [2.05, 4.69) is 10.6 Å². The van der Waals surface area contributed by atoms with Crippen LogP contribution in [0.3, 0.4) is 0 Å². The number of carbonyl (C=O) groups is 1. The maximum atomic E-state index is 12.6. The molecule has 1 amide bonds. The largest absolute Gasteiger partial charge is 0.486 e. The lowest BCUT2D eigenvalue weighted by Gasteiger charge is -2.20. The Bertz CT molecular complexity index is 1090. The third-order valence-corrected chi connectivity index (χ3v) is 6.77. The van der Waals surface area contributed by atoms with Gasteiger partial charge in [0.25, 0.3) is 0 Å². The molecule has 1 aliphatic heterocycles. The van der Waals surface area contributed by atoms with Gasteiger partial charge in [0.05, 0.1) is 11.4 Å². The van der Waals surface area contributed by atoms with Crippen LogP contribution in [0.25, 0.3) is 0 Å². The van der Waals surface area contributed by atoms with Gasteiger partial charge in [0, 0.05) is 25.6 Å². The molecule has 0 aliphatic carbocycles. The first-order chi connectivity index (χ1) is 15.9. The predicted molar refractivity (Wildman–Crippen MR) is 127 cm³/mol. The zero-order chi connectivity index (χ0) is 23.7. The molecule has 0 spiro atoms. The molecule has 0 aromatic heterocycles. The van der Waals surface area contributed by atoms with Gasteiger partial charge in [0.15, 0.2) is 11.5 Å². The lowest BCUT2D eigenvalue weighted by atomic mass is 10.1. The van der Waals surface area contributed by atoms with Crippen LogP contribution in [-0.2, 0) is 21.4 Å². The second kappa shape index (κ2) is 11.7. The van der Waals surface area contributed by atoms with Crippen molar-refractivity contribution >= 4 is 15.9 Å². The Morgan fingerprint density at radius 3 is 2.52 bits per heavy atom. The molecule has 3 rings (SSSR count). The Hall–Kier alpha value is -3.02. The SMILES string of the molecule is C#CCN(Cc1ccc(C)cc1)C(=O)CCCCCNS(=O)(=O)c1ccc2c(c1)OCCO2. The van der Waals surface area contributed by atoms with Crippen molar-refractivity contribution in [3.8, 4) is 23.8 Å². The number of amides is 1. The van der Waals surface area contributed by atoms with Crippen LogP contribution in [0.1, 0.15) is 36.8 Å². The summed E-state index contributed by atoms with van der Waals surface area (Å²) in [7, 11) is -3.64. The highest BCUT2D eigenvalue weighted by atomic mass is 32.2. The number of benzene rings is 2. The number of aryl methyl sites for hydroxylation is 1. The summed E-state index contributed by atoms with van der Waals surface area (Å²) in [4.78, 5) is 14.4. The van der Waals surface area contributed by atoms with Gasteiger partial charge in [-0.2, -0.15) is 0 Å². The van der Waals surface area contributed by atoms with Gasteiger partial charge in [-0.3, -0.25) is 4.79 Å². The van der Waals surface area contributed by atoms with Gasteiger partial charge in [-0.25, -0.2) is 13.1 Å². The van der Waals surface area contributed by atoms with Crippen molar-refractivity contribution in [3.05, 3.63) is 53.6 Å². The second-order valence-corrected chi connectivity index (χ2v) is 9.72. The summed E-state index contributed by atoms with van der Waals surface area (Å²) in [5, 5.41) is 0. The van der Waals surface area contributed by atoms with Gasteiger partial charge < -0.3 is 14.4 Å². The number of fused-ring (bicyclic) bond motifs is 1. The van der Waals surface area contributed by atoms with E-state index in [1.807, 2.05) is 31.2 Å². The summed E-state index contributed by atoms with van der Waals surface area (Å²) in [5.74, 6) is 3.54. The molecular weight excluding hydrogens is 440 g/mol. The first-order valence-electron chi connectivity index (χ1n) is 11.0. The molecule has 7 nitrogen and oxygen atoms in total. The smallest absolute Gasteiger partial charge is 0.240 e. The molecule has 0 atom stereocenters. The van der Waals surface area contributed by atoms with Crippen LogP contribution in [0.5, 0.6) is 11.5 Å². The minimum atomic E-state index is -3.64. The Labute approximate surface area is 196 Å². The molecule has 1 N–H and O–H groups in total. The molecule has 176 valence electrons. The molecule has 8 heteroatoms. The van der Waals surface area contributed by atoms with Crippen molar-refractivity contribution in [2.24, 2.45) is 0 Å². The zero-order valence-electron chi connectivity index (χ0n) is 18.9. The van der Waals surface area contributed by atoms with Crippen LogP contribution in [0.2, 0.25) is 0 Å². The first kappa shape index (κ1) is 24.6. The third kappa shape index (κ3) is 7.24. The summed E-state index contributed by atoms with van der Waals surface area (Å²) >= 11 is 0. The minimum absolute atomic E-state index is 0.00499. The number of terminal acetylenes is 1. The number of hydrogen-bond acceptors (Lipinski definition) is 5. The fourth-order valence-electron chi connectivity index (χ4n) is 3.47. The predicted octanol–water partition coefficient (Wildman–Crippen LogP) is 3.27. The van der Waals surface area contributed by atoms with E-state index in [1.54, 1.807) is 11.0 Å². The van der Waals surface area contributed by atoms with Crippen LogP contribution in [0.15, 0.2) is 47.4 Å². The third-order valence-electron chi connectivity index (χ3n) is 5.31. The number of nitrogens with one attached hydrogen (secondary N) is 1. The maximum Gasteiger partial charge on any atom is 0.240 e. The monoisotopic (exact) mass is 470 g/mol. The average molecular weight is 471 g/mol. The number of nitrogens with zero attached hydrogens (tertiary/aromatic N) is 1. The minimum Gasteiger partial charge on any atom is -0.486 e. The quantitative estimate of drug-likeness (QED) is 0.403. The summed E-state index contributed by atoms with van der Waals surface area (Å²) in [6.45, 7) is 3.91. The lowest BCUT2D eigenvalue weighted by molar-refractivity contribution is -0.131. The van der Waals surface area contributed by atoms with E-state index in [4.69, 9.17) is 15.9 Å². The number of unbranched alkanes of at least 4 members (excludes halogenated alkanes) is 2. The lowest BCUT2D eigenvalue weighted by Crippen LogP contribution is -2.30. The fraction of sp³-hybridized carbons (Fsp3) is 0.400. The standard InChI is InChI=1S/C25H30N2O5S/c1-3-15-27(19-21-10-8-20(2)9-11-21)25(28)7-5-4-6-14-26-33(29,30)22-12-13-23-24(18-22)32-17-16-31-23/h1,8-13,18,26H,4-7,14-17,19H2,2H3. The van der Waals surface area contributed by atoms with E-state index in [1.165, 1.54) is 12.1 Å². The fourth-order valence-corrected chi connectivity index (χ4v) is 4.56. The molecule has 0 bridgehead atoms. The van der Waals surface area contributed by atoms with Crippen molar-refractivity contribution in [1.82, 2.24) is 9.62 Å². The molecular formula is C25H30N2O5S. The van der Waals surface area contributed by atoms with Crippen LogP contribution in [-0.4, -0.2) is 45.5 Å². The molecule has 0 unspecified atom stereocenters. The highest BCUT2D eigenvalue weighted by Gasteiger charge is 2.19. The molecule has 0 saturated heterocycles. The van der Waals surface area contributed by atoms with Crippen molar-refractivity contribution in [1.29, 1.82) is 0 Å². The van der Waals surface area contributed by atoms with Crippen LogP contribution in [0, 0.1) is 19.3 Å². The number of ether oxygens (including phenoxy) is 2. The van der Waals surface area contributed by atoms with Crippen LogP contribution in [0.4, 0.5) is 0 Å². The number of rotatable bonds is 11. The molecule has 1 aliphatic rings. The van der Waals surface area contributed by atoms with Gasteiger partial charge in [-0.1, -0.05) is 42.2 Å². The van der Waals surface area contributed by atoms with E-state index >= 15 is 0 Å². The number of hydrogen-bond donors (Lipinski definition) is 1. The highest BCUT2D eigenvalue weighted by molar-refractivity contribution is 7.89. The van der Waals surface area contributed by atoms with E-state index in [0.29, 0.717) is 57.1 Å². The van der Waals surface area contributed by atoms with Crippen molar-refractivity contribution in [3.63, 3.8) is 0 Å². The summed E-state index contributed by atoms with van der Waals surface area (Å²) in [6.07, 6.45) is 7.84. The molecule has 0 saturated carbocycles. The van der Waals surface area contributed by atoms with Crippen molar-refractivity contribution in [2.45, 2.75) is 44.0 Å². The molecule has 0 fully saturated rings. The summed E-state index contributed by atoms with van der Waals surface area (Å²) < 4.78 is 38.5. The van der Waals surface area contributed by atoms with Gasteiger partial charge in [-0.05, 0) is 37.5 Å². The Balaban J connectivity index is 1.40. The number of carbonyl (C=O) groups excluding carboxylic acids is 1. The Morgan fingerprint density at radius 2 is 1.79 bits per heavy atom. The maximum absolute atomic E-state index is 12.6.